The quantitative estimate of drug-likeness (QED) is 0.617. The van der Waals surface area contributed by atoms with Crippen LogP contribution in [0.2, 0.25) is 0 Å². The highest BCUT2D eigenvalue weighted by Gasteiger charge is 2.18. The second kappa shape index (κ2) is 5.66. The molecule has 2 aromatic carbocycles. The van der Waals surface area contributed by atoms with Crippen molar-refractivity contribution in [2.75, 3.05) is 5.73 Å². The third-order valence-corrected chi connectivity index (χ3v) is 4.68. The molecule has 0 spiro atoms. The number of nitrogen functional groups attached to an aromatic ring is 1. The van der Waals surface area contributed by atoms with Crippen molar-refractivity contribution in [3.8, 4) is 22.4 Å². The molecule has 3 nitrogen and oxygen atoms in total. The van der Waals surface area contributed by atoms with Gasteiger partial charge in [-0.25, -0.2) is 0 Å². The zero-order valence-corrected chi connectivity index (χ0v) is 14.5. The van der Waals surface area contributed by atoms with Crippen molar-refractivity contribution >= 4 is 37.7 Å². The number of aromatic nitrogens is 2. The molecule has 0 saturated heterocycles. The predicted molar refractivity (Wildman–Crippen MR) is 94.0 cm³/mol. The maximum Gasteiger partial charge on any atom is 0.153 e. The molecule has 0 unspecified atom stereocenters. The van der Waals surface area contributed by atoms with E-state index in [4.69, 9.17) is 5.73 Å². The molecular formula is C16H13Br2N3. The summed E-state index contributed by atoms with van der Waals surface area (Å²) in [6, 6.07) is 14.2. The first-order valence-corrected chi connectivity index (χ1v) is 8.02. The number of aromatic amines is 1. The van der Waals surface area contributed by atoms with E-state index in [0.29, 0.717) is 5.82 Å². The Labute approximate surface area is 139 Å². The molecule has 3 N–H and O–H groups in total. The fourth-order valence-corrected chi connectivity index (χ4v) is 3.48. The molecule has 1 heterocycles. The Morgan fingerprint density at radius 1 is 1.00 bits per heavy atom. The predicted octanol–water partition coefficient (Wildman–Crippen LogP) is 5.16. The minimum Gasteiger partial charge on any atom is -0.382 e. The summed E-state index contributed by atoms with van der Waals surface area (Å²) in [7, 11) is 0. The van der Waals surface area contributed by atoms with Crippen LogP contribution >= 0.6 is 31.9 Å². The Balaban J connectivity index is 2.25. The van der Waals surface area contributed by atoms with Gasteiger partial charge in [-0.15, -0.1) is 0 Å². The number of hydrogen-bond donors (Lipinski definition) is 2. The van der Waals surface area contributed by atoms with E-state index in [1.54, 1.807) is 0 Å². The monoisotopic (exact) mass is 405 g/mol. The minimum absolute atomic E-state index is 0.490. The smallest absolute Gasteiger partial charge is 0.153 e. The van der Waals surface area contributed by atoms with Gasteiger partial charge in [0.2, 0.25) is 0 Å². The van der Waals surface area contributed by atoms with Crippen LogP contribution in [0.25, 0.3) is 22.4 Å². The Bertz CT molecular complexity index is 809. The van der Waals surface area contributed by atoms with Gasteiger partial charge in [-0.2, -0.15) is 5.10 Å². The third kappa shape index (κ3) is 2.63. The third-order valence-electron chi connectivity index (χ3n) is 3.33. The van der Waals surface area contributed by atoms with Crippen molar-refractivity contribution in [3.63, 3.8) is 0 Å². The Morgan fingerprint density at radius 3 is 2.48 bits per heavy atom. The number of anilines is 1. The van der Waals surface area contributed by atoms with Crippen LogP contribution in [0.3, 0.4) is 0 Å². The largest absolute Gasteiger partial charge is 0.382 e. The molecule has 5 heteroatoms. The van der Waals surface area contributed by atoms with Crippen molar-refractivity contribution in [2.24, 2.45) is 0 Å². The molecule has 1 aromatic heterocycles. The second-order valence-corrected chi connectivity index (χ2v) is 6.53. The highest BCUT2D eigenvalue weighted by Crippen LogP contribution is 2.40. The number of H-pyrrole nitrogens is 1. The number of benzene rings is 2. The first-order chi connectivity index (χ1) is 10.1. The lowest BCUT2D eigenvalue weighted by Crippen LogP contribution is -1.90. The summed E-state index contributed by atoms with van der Waals surface area (Å²) in [5.74, 6) is 0.490. The van der Waals surface area contributed by atoms with E-state index in [2.05, 4.69) is 67.2 Å². The average Bonchev–Trinajstić information content (AvgIpc) is 2.81. The van der Waals surface area contributed by atoms with Crippen LogP contribution in [0, 0.1) is 6.92 Å². The van der Waals surface area contributed by atoms with Crippen LogP contribution in [0.15, 0.2) is 51.4 Å². The average molecular weight is 407 g/mol. The highest BCUT2D eigenvalue weighted by atomic mass is 79.9. The van der Waals surface area contributed by atoms with Crippen molar-refractivity contribution in [1.82, 2.24) is 10.2 Å². The van der Waals surface area contributed by atoms with Crippen molar-refractivity contribution in [1.29, 1.82) is 0 Å². The van der Waals surface area contributed by atoms with Crippen LogP contribution in [0.5, 0.6) is 0 Å². The molecule has 21 heavy (non-hydrogen) atoms. The lowest BCUT2D eigenvalue weighted by molar-refractivity contribution is 1.10. The number of aryl methyl sites for hydroxylation is 1. The van der Waals surface area contributed by atoms with Crippen LogP contribution in [-0.2, 0) is 0 Å². The zero-order chi connectivity index (χ0) is 15.0. The van der Waals surface area contributed by atoms with Gasteiger partial charge in [0, 0.05) is 20.1 Å². The summed E-state index contributed by atoms with van der Waals surface area (Å²) in [5, 5.41) is 7.24. The number of halogens is 2. The zero-order valence-electron chi connectivity index (χ0n) is 11.3. The van der Waals surface area contributed by atoms with E-state index in [1.165, 1.54) is 5.56 Å². The van der Waals surface area contributed by atoms with Crippen molar-refractivity contribution in [2.45, 2.75) is 6.92 Å². The fraction of sp³-hybridized carbons (Fsp3) is 0.0625. The Hall–Kier alpha value is -1.59. The maximum atomic E-state index is 6.08. The summed E-state index contributed by atoms with van der Waals surface area (Å²) in [6.07, 6.45) is 0. The molecule has 0 fully saturated rings. The van der Waals surface area contributed by atoms with Crippen LogP contribution in [0.4, 0.5) is 5.82 Å². The van der Waals surface area contributed by atoms with Crippen LogP contribution < -0.4 is 5.73 Å². The SMILES string of the molecule is Cc1ccc(-c2[nH]nc(N)c2-c2ccccc2Br)c(Br)c1. The molecule has 0 aliphatic carbocycles. The molecule has 0 radical (unpaired) electrons. The number of nitrogens with zero attached hydrogens (tertiary/aromatic N) is 1. The van der Waals surface area contributed by atoms with E-state index in [1.807, 2.05) is 24.3 Å². The van der Waals surface area contributed by atoms with E-state index >= 15 is 0 Å². The van der Waals surface area contributed by atoms with Gasteiger partial charge in [0.1, 0.15) is 0 Å². The molecule has 0 aliphatic rings. The van der Waals surface area contributed by atoms with Gasteiger partial charge in [0.15, 0.2) is 5.82 Å². The van der Waals surface area contributed by atoms with Gasteiger partial charge in [-0.1, -0.05) is 62.2 Å². The number of rotatable bonds is 2. The summed E-state index contributed by atoms with van der Waals surface area (Å²) in [5.41, 5.74) is 11.2. The van der Waals surface area contributed by atoms with E-state index in [-0.39, 0.29) is 0 Å². The molecular weight excluding hydrogens is 394 g/mol. The Kier molecular flexibility index (Phi) is 3.87. The van der Waals surface area contributed by atoms with Crippen molar-refractivity contribution < 1.29 is 0 Å². The lowest BCUT2D eigenvalue weighted by Gasteiger charge is -2.09. The van der Waals surface area contributed by atoms with E-state index in [9.17, 15) is 0 Å². The Morgan fingerprint density at radius 2 is 1.76 bits per heavy atom. The first kappa shape index (κ1) is 14.4. The lowest BCUT2D eigenvalue weighted by atomic mass is 10.0. The fourth-order valence-electron chi connectivity index (χ4n) is 2.31. The summed E-state index contributed by atoms with van der Waals surface area (Å²) >= 11 is 7.20. The molecule has 0 amide bonds. The van der Waals surface area contributed by atoms with Crippen LogP contribution in [0.1, 0.15) is 5.56 Å². The normalized spacial score (nSPS) is 10.8. The summed E-state index contributed by atoms with van der Waals surface area (Å²) < 4.78 is 2.00. The molecule has 3 rings (SSSR count). The second-order valence-electron chi connectivity index (χ2n) is 4.82. The van der Waals surface area contributed by atoms with E-state index < -0.39 is 0 Å². The maximum absolute atomic E-state index is 6.08. The van der Waals surface area contributed by atoms with Crippen molar-refractivity contribution in [3.05, 3.63) is 57.0 Å². The topological polar surface area (TPSA) is 54.7 Å². The van der Waals surface area contributed by atoms with Gasteiger partial charge in [-0.05, 0) is 24.6 Å². The van der Waals surface area contributed by atoms with Gasteiger partial charge in [0.25, 0.3) is 0 Å². The molecule has 0 bridgehead atoms. The highest BCUT2D eigenvalue weighted by molar-refractivity contribution is 9.11. The van der Waals surface area contributed by atoms with Gasteiger partial charge in [-0.3, -0.25) is 5.10 Å². The minimum atomic E-state index is 0.490. The molecule has 0 saturated carbocycles. The molecule has 3 aromatic rings. The summed E-state index contributed by atoms with van der Waals surface area (Å²) in [4.78, 5) is 0. The molecule has 106 valence electrons. The first-order valence-electron chi connectivity index (χ1n) is 6.43. The number of nitrogens with two attached hydrogens (primary N) is 1. The van der Waals surface area contributed by atoms with E-state index in [0.717, 1.165) is 31.3 Å². The van der Waals surface area contributed by atoms with Gasteiger partial charge in [0.05, 0.1) is 11.3 Å². The molecule has 0 aliphatic heterocycles. The number of nitrogens with one attached hydrogen (secondary N) is 1. The van der Waals surface area contributed by atoms with Gasteiger partial charge < -0.3 is 5.73 Å². The summed E-state index contributed by atoms with van der Waals surface area (Å²) in [6.45, 7) is 2.06. The standard InChI is InChI=1S/C16H13Br2N3/c1-9-6-7-11(13(18)8-9)15-14(16(19)21-20-15)10-4-2-3-5-12(10)17/h2-8H,1H3,(H3,19,20,21). The van der Waals surface area contributed by atoms with Gasteiger partial charge >= 0.3 is 0 Å². The number of hydrogen-bond acceptors (Lipinski definition) is 2. The van der Waals surface area contributed by atoms with Crippen LogP contribution in [-0.4, -0.2) is 10.2 Å². The molecule has 0 atom stereocenters.